The van der Waals surface area contributed by atoms with Crippen molar-refractivity contribution < 1.29 is 4.57 Å². The van der Waals surface area contributed by atoms with E-state index in [9.17, 15) is 0 Å². The first-order valence-electron chi connectivity index (χ1n) is 23.4. The Hall–Kier alpha value is -1.57. The first kappa shape index (κ1) is 45.6. The molecule has 0 radical (unpaired) electrons. The fourth-order valence-electron chi connectivity index (χ4n) is 8.52. The van der Waals surface area contributed by atoms with Crippen molar-refractivity contribution in [3.63, 3.8) is 0 Å². The molecule has 51 heavy (non-hydrogen) atoms. The minimum atomic E-state index is 0.601. The molecule has 2 heteroatoms. The van der Waals surface area contributed by atoms with Gasteiger partial charge in [-0.2, -0.15) is 0 Å². The fourth-order valence-corrected chi connectivity index (χ4v) is 8.52. The van der Waals surface area contributed by atoms with Crippen LogP contribution in [0.5, 0.6) is 0 Å². The molecule has 0 amide bonds. The molecule has 0 aliphatic rings. The minimum absolute atomic E-state index is 0.601. The monoisotopic (exact) mass is 706 g/mol. The van der Waals surface area contributed by atoms with E-state index in [1.165, 1.54) is 237 Å². The van der Waals surface area contributed by atoms with Crippen LogP contribution in [0.4, 0.5) is 0 Å². The molecular weight excluding hydrogens is 617 g/mol. The molecule has 0 aliphatic carbocycles. The van der Waals surface area contributed by atoms with Gasteiger partial charge in [0.05, 0.1) is 0 Å². The Morgan fingerprint density at radius 1 is 0.431 bits per heavy atom. The predicted octanol–water partition coefficient (Wildman–Crippen LogP) is 16.4. The number of aromatic nitrogens is 2. The van der Waals surface area contributed by atoms with Gasteiger partial charge >= 0.3 is 0 Å². The van der Waals surface area contributed by atoms with Crippen LogP contribution in [0.2, 0.25) is 0 Å². The number of hydrogen-bond acceptors (Lipinski definition) is 0. The molecule has 1 heterocycles. The molecule has 1 N–H and O–H groups in total. The summed E-state index contributed by atoms with van der Waals surface area (Å²) in [5.41, 5.74) is 1.52. The van der Waals surface area contributed by atoms with Crippen molar-refractivity contribution in [2.45, 2.75) is 251 Å². The zero-order valence-corrected chi connectivity index (χ0v) is 34.7. The first-order valence-corrected chi connectivity index (χ1v) is 23.4. The van der Waals surface area contributed by atoms with E-state index >= 15 is 0 Å². The third-order valence-electron chi connectivity index (χ3n) is 11.9. The van der Waals surface area contributed by atoms with E-state index in [0.29, 0.717) is 12.0 Å². The largest absolute Gasteiger partial charge is 0.250 e. The smallest absolute Gasteiger partial charge is 0.241 e. The van der Waals surface area contributed by atoms with Gasteiger partial charge in [-0.1, -0.05) is 250 Å². The predicted molar refractivity (Wildman–Crippen MR) is 227 cm³/mol. The lowest BCUT2D eigenvalue weighted by Gasteiger charge is -2.25. The third-order valence-corrected chi connectivity index (χ3v) is 11.9. The van der Waals surface area contributed by atoms with Gasteiger partial charge in [-0.25, -0.2) is 4.57 Å². The second kappa shape index (κ2) is 35.5. The topological polar surface area (TPSA) is 19.7 Å². The maximum Gasteiger partial charge on any atom is 0.241 e. The van der Waals surface area contributed by atoms with E-state index in [0.717, 1.165) is 0 Å². The van der Waals surface area contributed by atoms with E-state index in [2.05, 4.69) is 72.5 Å². The molecule has 0 spiro atoms. The van der Waals surface area contributed by atoms with Gasteiger partial charge in [0.2, 0.25) is 6.33 Å². The molecule has 0 saturated carbocycles. The van der Waals surface area contributed by atoms with Gasteiger partial charge in [0.1, 0.15) is 18.4 Å². The van der Waals surface area contributed by atoms with Gasteiger partial charge < -0.3 is 0 Å². The summed E-state index contributed by atoms with van der Waals surface area (Å²) in [5.74, 6) is 0.709. The van der Waals surface area contributed by atoms with Crippen LogP contribution in [0.25, 0.3) is 0 Å². The molecular formula is C49H89N2+. The van der Waals surface area contributed by atoms with Gasteiger partial charge in [0.25, 0.3) is 0 Å². The summed E-state index contributed by atoms with van der Waals surface area (Å²) in [6.45, 7) is 4.62. The molecule has 1 aromatic carbocycles. The number of nitrogens with one attached hydrogen (secondary N) is 1. The summed E-state index contributed by atoms with van der Waals surface area (Å²) in [6, 6.07) is 11.9. The van der Waals surface area contributed by atoms with Crippen LogP contribution in [0.3, 0.4) is 0 Å². The highest BCUT2D eigenvalue weighted by molar-refractivity contribution is 5.15. The summed E-state index contributed by atoms with van der Waals surface area (Å²) >= 11 is 0. The lowest BCUT2D eigenvalue weighted by Crippen LogP contribution is -2.42. The van der Waals surface area contributed by atoms with E-state index in [1.54, 1.807) is 0 Å². The Kier molecular flexibility index (Phi) is 31.7. The van der Waals surface area contributed by atoms with Crippen molar-refractivity contribution in [3.8, 4) is 0 Å². The quantitative estimate of drug-likeness (QED) is 0.0528. The number of unbranched alkanes of at least 4 members (excludes halogenated alkanes) is 31. The Morgan fingerprint density at radius 3 is 1.14 bits per heavy atom. The van der Waals surface area contributed by atoms with E-state index < -0.39 is 0 Å². The molecule has 0 fully saturated rings. The standard InChI is InChI=1S/C49H88N2/c1-3-5-7-9-11-13-15-17-19-21-23-25-27-29-31-33-38-42-49(51-44-43-50-46-51)48(45-47-39-35-34-36-40-47)41-37-32-30-28-26-24-22-20-18-16-14-12-10-8-6-4-2/h34-36,39-40,43-44,46,48-49H,3-33,37-38,41-42,45H2,1-2H3/p+1. The van der Waals surface area contributed by atoms with Crippen LogP contribution in [0.1, 0.15) is 250 Å². The second-order valence-electron chi connectivity index (χ2n) is 16.6. The summed E-state index contributed by atoms with van der Waals surface area (Å²) in [5, 5.41) is 0. The van der Waals surface area contributed by atoms with Crippen molar-refractivity contribution >= 4 is 0 Å². The number of aromatic amines is 1. The minimum Gasteiger partial charge on any atom is -0.250 e. The highest BCUT2D eigenvalue weighted by Crippen LogP contribution is 2.29. The van der Waals surface area contributed by atoms with Crippen molar-refractivity contribution in [3.05, 3.63) is 54.6 Å². The van der Waals surface area contributed by atoms with Gasteiger partial charge in [0, 0.05) is 5.92 Å². The SMILES string of the molecule is CCCCCCCCCCCCCCCCCCCC(C(CCCCCCCCCCCCCCCCCC)Cc1ccccc1)[n+]1cc[nH]c1. The Balaban J connectivity index is 1.59. The number of rotatable bonds is 39. The van der Waals surface area contributed by atoms with Crippen LogP contribution < -0.4 is 4.57 Å². The van der Waals surface area contributed by atoms with Crippen LogP contribution in [-0.4, -0.2) is 4.98 Å². The van der Waals surface area contributed by atoms with Gasteiger partial charge in [-0.15, -0.1) is 0 Å². The summed E-state index contributed by atoms with van der Waals surface area (Å²) in [4.78, 5) is 3.37. The number of H-pyrrole nitrogens is 1. The lowest BCUT2D eigenvalue weighted by molar-refractivity contribution is -0.730. The zero-order valence-electron chi connectivity index (χ0n) is 34.7. The second-order valence-corrected chi connectivity index (χ2v) is 16.6. The normalized spacial score (nSPS) is 12.8. The Labute approximate surface area is 320 Å². The van der Waals surface area contributed by atoms with Crippen molar-refractivity contribution in [1.82, 2.24) is 4.98 Å². The summed E-state index contributed by atoms with van der Waals surface area (Å²) in [7, 11) is 0. The first-order chi connectivity index (χ1) is 25.3. The van der Waals surface area contributed by atoms with E-state index in [-0.39, 0.29) is 0 Å². The molecule has 0 bridgehead atoms. The highest BCUT2D eigenvalue weighted by atomic mass is 15.1. The molecule has 2 rings (SSSR count). The van der Waals surface area contributed by atoms with Crippen molar-refractivity contribution in [2.24, 2.45) is 5.92 Å². The Morgan fingerprint density at radius 2 is 0.784 bits per heavy atom. The summed E-state index contributed by atoms with van der Waals surface area (Å²) in [6.07, 6.45) is 58.1. The average molecular weight is 706 g/mol. The molecule has 2 unspecified atom stereocenters. The number of imidazole rings is 1. The van der Waals surface area contributed by atoms with Gasteiger partial charge in [-0.3, -0.25) is 4.98 Å². The maximum atomic E-state index is 3.37. The van der Waals surface area contributed by atoms with Gasteiger partial charge in [0.15, 0.2) is 0 Å². The van der Waals surface area contributed by atoms with Crippen LogP contribution in [0, 0.1) is 5.92 Å². The Bertz CT molecular complexity index is 921. The van der Waals surface area contributed by atoms with Gasteiger partial charge in [-0.05, 0) is 31.2 Å². The maximum absolute atomic E-state index is 3.37. The molecule has 2 aromatic rings. The highest BCUT2D eigenvalue weighted by Gasteiger charge is 2.26. The average Bonchev–Trinajstić information content (AvgIpc) is 3.69. The zero-order chi connectivity index (χ0) is 36.1. The van der Waals surface area contributed by atoms with E-state index in [1.807, 2.05) is 0 Å². The lowest BCUT2D eigenvalue weighted by atomic mass is 9.84. The molecule has 0 saturated heterocycles. The molecule has 1 aromatic heterocycles. The molecule has 294 valence electrons. The number of nitrogens with zero attached hydrogens (tertiary/aromatic N) is 1. The third kappa shape index (κ3) is 26.8. The van der Waals surface area contributed by atoms with Crippen molar-refractivity contribution in [1.29, 1.82) is 0 Å². The van der Waals surface area contributed by atoms with Crippen LogP contribution in [-0.2, 0) is 6.42 Å². The van der Waals surface area contributed by atoms with Crippen molar-refractivity contribution in [2.75, 3.05) is 0 Å². The van der Waals surface area contributed by atoms with E-state index in [4.69, 9.17) is 0 Å². The molecule has 0 aliphatic heterocycles. The number of hydrogen-bond donors (Lipinski definition) is 1. The number of benzene rings is 1. The molecule has 2 nitrogen and oxygen atoms in total. The molecule has 2 atom stereocenters. The fraction of sp³-hybridized carbons (Fsp3) is 0.816. The van der Waals surface area contributed by atoms with Crippen LogP contribution >= 0.6 is 0 Å². The summed E-state index contributed by atoms with van der Waals surface area (Å²) < 4.78 is 2.52. The van der Waals surface area contributed by atoms with Crippen LogP contribution in [0.15, 0.2) is 49.1 Å².